The highest BCUT2D eigenvalue weighted by atomic mass is 35.5. The SMILES string of the molecule is CCOC(=O)COc1ccc(Cl)cc1C1NCCc2ncsc21.Cl. The molecule has 0 radical (unpaired) electrons. The number of fused-ring (bicyclic) bond motifs is 1. The lowest BCUT2D eigenvalue weighted by atomic mass is 9.99. The number of thiazole rings is 1. The van der Waals surface area contributed by atoms with Crippen LogP contribution in [0.25, 0.3) is 0 Å². The molecule has 2 aromatic rings. The summed E-state index contributed by atoms with van der Waals surface area (Å²) in [5.41, 5.74) is 3.87. The molecule has 0 saturated heterocycles. The molecule has 24 heavy (non-hydrogen) atoms. The monoisotopic (exact) mass is 388 g/mol. The van der Waals surface area contributed by atoms with Crippen LogP contribution in [0.4, 0.5) is 0 Å². The van der Waals surface area contributed by atoms with Crippen LogP contribution in [0.1, 0.15) is 29.1 Å². The molecule has 130 valence electrons. The molecule has 0 amide bonds. The van der Waals surface area contributed by atoms with Gasteiger partial charge in [-0.2, -0.15) is 0 Å². The number of esters is 1. The molecule has 1 atom stereocenters. The molecule has 0 fully saturated rings. The van der Waals surface area contributed by atoms with Gasteiger partial charge in [0.2, 0.25) is 0 Å². The second-order valence-corrected chi connectivity index (χ2v) is 6.40. The summed E-state index contributed by atoms with van der Waals surface area (Å²) in [6.45, 7) is 2.82. The van der Waals surface area contributed by atoms with Crippen molar-refractivity contribution in [2.24, 2.45) is 0 Å². The molecule has 0 spiro atoms. The molecule has 1 unspecified atom stereocenters. The van der Waals surface area contributed by atoms with E-state index >= 15 is 0 Å². The zero-order chi connectivity index (χ0) is 16.2. The first-order valence-corrected chi connectivity index (χ1v) is 8.68. The number of benzene rings is 1. The van der Waals surface area contributed by atoms with E-state index in [1.165, 1.54) is 4.88 Å². The molecule has 1 aliphatic heterocycles. The fourth-order valence-corrected chi connectivity index (χ4v) is 3.71. The minimum Gasteiger partial charge on any atom is -0.482 e. The van der Waals surface area contributed by atoms with Crippen molar-refractivity contribution in [1.29, 1.82) is 0 Å². The van der Waals surface area contributed by atoms with Crippen molar-refractivity contribution < 1.29 is 14.3 Å². The maximum absolute atomic E-state index is 11.5. The third kappa shape index (κ3) is 4.19. The number of nitrogens with zero attached hydrogens (tertiary/aromatic N) is 1. The Hall–Kier alpha value is -1.34. The number of hydrogen-bond acceptors (Lipinski definition) is 6. The van der Waals surface area contributed by atoms with Gasteiger partial charge in [0, 0.05) is 28.4 Å². The fourth-order valence-electron chi connectivity index (χ4n) is 2.60. The van der Waals surface area contributed by atoms with Gasteiger partial charge >= 0.3 is 5.97 Å². The highest BCUT2D eigenvalue weighted by Crippen LogP contribution is 2.37. The zero-order valence-electron chi connectivity index (χ0n) is 13.1. The summed E-state index contributed by atoms with van der Waals surface area (Å²) in [6.07, 6.45) is 0.912. The predicted octanol–water partition coefficient (Wildman–Crippen LogP) is 3.40. The van der Waals surface area contributed by atoms with Crippen LogP contribution in [0.5, 0.6) is 5.75 Å². The number of ether oxygens (including phenoxy) is 2. The quantitative estimate of drug-likeness (QED) is 0.795. The van der Waals surface area contributed by atoms with Crippen LogP contribution in [0.3, 0.4) is 0 Å². The molecule has 1 aliphatic rings. The van der Waals surface area contributed by atoms with Gasteiger partial charge in [-0.3, -0.25) is 0 Å². The van der Waals surface area contributed by atoms with Crippen LogP contribution in [-0.4, -0.2) is 30.7 Å². The summed E-state index contributed by atoms with van der Waals surface area (Å²) in [4.78, 5) is 17.1. The molecule has 1 aromatic carbocycles. The smallest absolute Gasteiger partial charge is 0.344 e. The Morgan fingerprint density at radius 2 is 2.33 bits per heavy atom. The van der Waals surface area contributed by atoms with E-state index in [4.69, 9.17) is 21.1 Å². The number of carbonyl (C=O) groups is 1. The Balaban J connectivity index is 0.00000208. The molecule has 3 rings (SSSR count). The summed E-state index contributed by atoms with van der Waals surface area (Å²) < 4.78 is 10.6. The van der Waals surface area contributed by atoms with Crippen molar-refractivity contribution in [3.8, 4) is 5.75 Å². The summed E-state index contributed by atoms with van der Waals surface area (Å²) in [6, 6.07) is 5.38. The number of carbonyl (C=O) groups excluding carboxylic acids is 1. The van der Waals surface area contributed by atoms with Gasteiger partial charge < -0.3 is 14.8 Å². The van der Waals surface area contributed by atoms with Crippen molar-refractivity contribution >= 4 is 41.3 Å². The molecule has 0 saturated carbocycles. The van der Waals surface area contributed by atoms with Gasteiger partial charge in [0.15, 0.2) is 6.61 Å². The second kappa shape index (κ2) is 8.67. The molecule has 2 heterocycles. The topological polar surface area (TPSA) is 60.5 Å². The first kappa shape index (κ1) is 19.0. The second-order valence-electron chi connectivity index (χ2n) is 5.08. The van der Waals surface area contributed by atoms with Crippen LogP contribution in [0.2, 0.25) is 5.02 Å². The van der Waals surface area contributed by atoms with E-state index in [1.807, 2.05) is 11.6 Å². The van der Waals surface area contributed by atoms with Gasteiger partial charge in [-0.15, -0.1) is 23.7 Å². The lowest BCUT2D eigenvalue weighted by molar-refractivity contribution is -0.145. The summed E-state index contributed by atoms with van der Waals surface area (Å²) in [5, 5.41) is 4.10. The summed E-state index contributed by atoms with van der Waals surface area (Å²) in [7, 11) is 0. The third-order valence-electron chi connectivity index (χ3n) is 3.58. The summed E-state index contributed by atoms with van der Waals surface area (Å²) in [5.74, 6) is 0.240. The van der Waals surface area contributed by atoms with Gasteiger partial charge in [-0.25, -0.2) is 9.78 Å². The Morgan fingerprint density at radius 1 is 1.50 bits per heavy atom. The first-order valence-electron chi connectivity index (χ1n) is 7.42. The van der Waals surface area contributed by atoms with Crippen molar-refractivity contribution in [3.63, 3.8) is 0 Å². The Labute approximate surface area is 155 Å². The maximum atomic E-state index is 11.5. The van der Waals surface area contributed by atoms with Crippen LogP contribution >= 0.6 is 35.3 Å². The Bertz CT molecular complexity index is 708. The molecule has 1 N–H and O–H groups in total. The average Bonchev–Trinajstić information content (AvgIpc) is 3.02. The van der Waals surface area contributed by atoms with Gasteiger partial charge in [-0.1, -0.05) is 11.6 Å². The molecule has 0 aliphatic carbocycles. The molecule has 5 nitrogen and oxygen atoms in total. The zero-order valence-corrected chi connectivity index (χ0v) is 15.5. The van der Waals surface area contributed by atoms with Gasteiger partial charge in [0.25, 0.3) is 0 Å². The Kier molecular flexibility index (Phi) is 6.86. The minimum atomic E-state index is -0.386. The van der Waals surface area contributed by atoms with E-state index in [0.717, 1.165) is 24.2 Å². The molecule has 0 bridgehead atoms. The number of halogens is 2. The van der Waals surface area contributed by atoms with E-state index in [0.29, 0.717) is 17.4 Å². The van der Waals surface area contributed by atoms with Crippen LogP contribution in [-0.2, 0) is 16.0 Å². The van der Waals surface area contributed by atoms with E-state index in [9.17, 15) is 4.79 Å². The lowest BCUT2D eigenvalue weighted by Gasteiger charge is -2.25. The minimum absolute atomic E-state index is 0. The molecular weight excluding hydrogens is 371 g/mol. The Morgan fingerprint density at radius 3 is 3.12 bits per heavy atom. The fraction of sp³-hybridized carbons (Fsp3) is 0.375. The number of nitrogens with one attached hydrogen (secondary N) is 1. The standard InChI is InChI=1S/C16H17ClN2O3S.ClH/c1-2-21-14(20)8-22-13-4-3-10(17)7-11(13)15-16-12(5-6-18-15)19-9-23-16;/h3-4,7,9,15,18H,2,5-6,8H2,1H3;1H. The highest BCUT2D eigenvalue weighted by molar-refractivity contribution is 7.09. The van der Waals surface area contributed by atoms with Crippen LogP contribution < -0.4 is 10.1 Å². The van der Waals surface area contributed by atoms with Gasteiger partial charge in [-0.05, 0) is 25.1 Å². The maximum Gasteiger partial charge on any atom is 0.344 e. The van der Waals surface area contributed by atoms with Gasteiger partial charge in [0.05, 0.1) is 23.9 Å². The highest BCUT2D eigenvalue weighted by Gasteiger charge is 2.26. The number of hydrogen-bond donors (Lipinski definition) is 1. The van der Waals surface area contributed by atoms with Crippen LogP contribution in [0.15, 0.2) is 23.7 Å². The van der Waals surface area contributed by atoms with Crippen molar-refractivity contribution in [1.82, 2.24) is 10.3 Å². The number of rotatable bonds is 5. The summed E-state index contributed by atoms with van der Waals surface area (Å²) >= 11 is 7.77. The first-order chi connectivity index (χ1) is 11.2. The number of aromatic nitrogens is 1. The van der Waals surface area contributed by atoms with Crippen molar-refractivity contribution in [2.45, 2.75) is 19.4 Å². The molecule has 8 heteroatoms. The van der Waals surface area contributed by atoms with E-state index < -0.39 is 0 Å². The largest absolute Gasteiger partial charge is 0.482 e. The third-order valence-corrected chi connectivity index (χ3v) is 4.75. The molecule has 1 aromatic heterocycles. The normalized spacial score (nSPS) is 16.0. The van der Waals surface area contributed by atoms with Crippen molar-refractivity contribution in [2.75, 3.05) is 19.8 Å². The lowest BCUT2D eigenvalue weighted by Crippen LogP contribution is -2.30. The van der Waals surface area contributed by atoms with Gasteiger partial charge in [0.1, 0.15) is 5.75 Å². The molecular formula is C16H18Cl2N2O3S. The van der Waals surface area contributed by atoms with E-state index in [2.05, 4.69) is 10.3 Å². The van der Waals surface area contributed by atoms with Crippen LogP contribution in [0, 0.1) is 0 Å². The van der Waals surface area contributed by atoms with E-state index in [1.54, 1.807) is 30.4 Å². The van der Waals surface area contributed by atoms with Crippen molar-refractivity contribution in [3.05, 3.63) is 44.9 Å². The predicted molar refractivity (Wildman–Crippen MR) is 96.5 cm³/mol. The van der Waals surface area contributed by atoms with E-state index in [-0.39, 0.29) is 31.0 Å². The average molecular weight is 389 g/mol.